The molecule has 5 heteroatoms. The number of halogens is 2. The van der Waals surface area contributed by atoms with Crippen LogP contribution in [0.2, 0.25) is 0 Å². The van der Waals surface area contributed by atoms with Gasteiger partial charge in [0.2, 0.25) is 0 Å². The predicted octanol–water partition coefficient (Wildman–Crippen LogP) is 2.82. The highest BCUT2D eigenvalue weighted by Gasteiger charge is 2.75. The van der Waals surface area contributed by atoms with Crippen LogP contribution in [-0.4, -0.2) is 16.9 Å². The molecule has 0 heterocycles. The third-order valence-electron chi connectivity index (χ3n) is 5.13. The van der Waals surface area contributed by atoms with Crippen LogP contribution in [0, 0.1) is 34.8 Å². The van der Waals surface area contributed by atoms with Crippen LogP contribution in [0.3, 0.4) is 0 Å². The average Bonchev–Trinajstić information content (AvgIpc) is 2.97. The van der Waals surface area contributed by atoms with E-state index in [0.717, 1.165) is 6.07 Å². The number of aliphatic carboxylic acids is 1. The van der Waals surface area contributed by atoms with Gasteiger partial charge in [0.25, 0.3) is 0 Å². The van der Waals surface area contributed by atoms with Crippen LogP contribution in [0.4, 0.5) is 8.78 Å². The van der Waals surface area contributed by atoms with Gasteiger partial charge in [0.1, 0.15) is 17.4 Å². The Morgan fingerprint density at radius 3 is 2.43 bits per heavy atom. The van der Waals surface area contributed by atoms with Gasteiger partial charge in [0, 0.05) is 17.4 Å². The van der Waals surface area contributed by atoms with Crippen molar-refractivity contribution in [3.8, 4) is 0 Å². The second-order valence-corrected chi connectivity index (χ2v) is 6.10. The summed E-state index contributed by atoms with van der Waals surface area (Å²) < 4.78 is 26.4. The van der Waals surface area contributed by atoms with E-state index in [1.165, 1.54) is 12.1 Å². The van der Waals surface area contributed by atoms with Crippen molar-refractivity contribution in [3.05, 3.63) is 35.4 Å². The van der Waals surface area contributed by atoms with Crippen molar-refractivity contribution in [1.82, 2.24) is 0 Å². The zero-order chi connectivity index (χ0) is 15.4. The first kappa shape index (κ1) is 14.2. The average molecular weight is 294 g/mol. The SMILES string of the molecule is CCC12C(=O)C(Cc3cc(F)cc(F)c3)CC1C2C(=O)O. The Morgan fingerprint density at radius 1 is 1.33 bits per heavy atom. The summed E-state index contributed by atoms with van der Waals surface area (Å²) >= 11 is 0. The Hall–Kier alpha value is -1.78. The summed E-state index contributed by atoms with van der Waals surface area (Å²) in [4.78, 5) is 23.7. The number of carbonyl (C=O) groups excluding carboxylic acids is 1. The Bertz CT molecular complexity index is 608. The third-order valence-corrected chi connectivity index (χ3v) is 5.13. The van der Waals surface area contributed by atoms with Crippen LogP contribution < -0.4 is 0 Å². The molecule has 0 saturated heterocycles. The molecule has 2 aliphatic rings. The minimum Gasteiger partial charge on any atom is -0.481 e. The van der Waals surface area contributed by atoms with Crippen LogP contribution in [-0.2, 0) is 16.0 Å². The molecule has 2 fully saturated rings. The minimum absolute atomic E-state index is 0.0490. The smallest absolute Gasteiger partial charge is 0.307 e. The van der Waals surface area contributed by atoms with Gasteiger partial charge in [-0.2, -0.15) is 0 Å². The monoisotopic (exact) mass is 294 g/mol. The largest absolute Gasteiger partial charge is 0.481 e. The Kier molecular flexibility index (Phi) is 3.11. The fourth-order valence-electron chi connectivity index (χ4n) is 4.23. The highest BCUT2D eigenvalue weighted by molar-refractivity contribution is 5.99. The normalized spacial score (nSPS) is 33.9. The van der Waals surface area contributed by atoms with Crippen molar-refractivity contribution in [2.24, 2.45) is 23.2 Å². The first-order valence-electron chi connectivity index (χ1n) is 7.12. The van der Waals surface area contributed by atoms with E-state index >= 15 is 0 Å². The molecule has 21 heavy (non-hydrogen) atoms. The number of Topliss-reactive ketones (excluding diaryl/α,β-unsaturated/α-hetero) is 1. The maximum atomic E-state index is 13.2. The molecule has 112 valence electrons. The number of ketones is 1. The number of hydrogen-bond donors (Lipinski definition) is 1. The van der Waals surface area contributed by atoms with Gasteiger partial charge in [-0.25, -0.2) is 8.78 Å². The number of fused-ring (bicyclic) bond motifs is 1. The first-order valence-corrected chi connectivity index (χ1v) is 7.12. The molecule has 0 aliphatic heterocycles. The fourth-order valence-corrected chi connectivity index (χ4v) is 4.23. The van der Waals surface area contributed by atoms with Gasteiger partial charge in [-0.15, -0.1) is 0 Å². The molecule has 2 saturated carbocycles. The van der Waals surface area contributed by atoms with Crippen molar-refractivity contribution in [3.63, 3.8) is 0 Å². The van der Waals surface area contributed by atoms with Crippen molar-refractivity contribution >= 4 is 11.8 Å². The molecule has 0 radical (unpaired) electrons. The first-order chi connectivity index (χ1) is 9.90. The van der Waals surface area contributed by atoms with Gasteiger partial charge in [0.15, 0.2) is 0 Å². The van der Waals surface area contributed by atoms with Crippen LogP contribution >= 0.6 is 0 Å². The maximum absolute atomic E-state index is 13.2. The zero-order valence-corrected chi connectivity index (χ0v) is 11.6. The summed E-state index contributed by atoms with van der Waals surface area (Å²) in [6, 6.07) is 3.26. The molecule has 4 atom stereocenters. The molecule has 0 amide bonds. The van der Waals surface area contributed by atoms with Gasteiger partial charge in [0.05, 0.1) is 5.92 Å². The van der Waals surface area contributed by atoms with E-state index in [2.05, 4.69) is 0 Å². The molecule has 4 unspecified atom stereocenters. The lowest BCUT2D eigenvalue weighted by molar-refractivity contribution is -0.142. The Balaban J connectivity index is 1.79. The van der Waals surface area contributed by atoms with E-state index in [1.54, 1.807) is 0 Å². The summed E-state index contributed by atoms with van der Waals surface area (Å²) in [6.07, 6.45) is 1.29. The number of carbonyl (C=O) groups is 2. The van der Waals surface area contributed by atoms with Crippen molar-refractivity contribution in [2.45, 2.75) is 26.2 Å². The summed E-state index contributed by atoms with van der Waals surface area (Å²) in [7, 11) is 0. The number of carboxylic acids is 1. The fraction of sp³-hybridized carbons (Fsp3) is 0.500. The van der Waals surface area contributed by atoms with Crippen molar-refractivity contribution < 1.29 is 23.5 Å². The molecule has 1 aromatic carbocycles. The van der Waals surface area contributed by atoms with E-state index < -0.39 is 28.9 Å². The van der Waals surface area contributed by atoms with E-state index in [1.807, 2.05) is 6.92 Å². The molecule has 3 rings (SSSR count). The predicted molar refractivity (Wildman–Crippen MR) is 70.5 cm³/mol. The highest BCUT2D eigenvalue weighted by Crippen LogP contribution is 2.69. The van der Waals surface area contributed by atoms with Gasteiger partial charge >= 0.3 is 5.97 Å². The zero-order valence-electron chi connectivity index (χ0n) is 11.6. The lowest BCUT2D eigenvalue weighted by Gasteiger charge is -2.16. The highest BCUT2D eigenvalue weighted by atomic mass is 19.1. The lowest BCUT2D eigenvalue weighted by Crippen LogP contribution is -2.26. The lowest BCUT2D eigenvalue weighted by atomic mass is 9.86. The summed E-state index contributed by atoms with van der Waals surface area (Å²) in [6.45, 7) is 1.83. The number of benzene rings is 1. The van der Waals surface area contributed by atoms with Gasteiger partial charge in [-0.3, -0.25) is 9.59 Å². The van der Waals surface area contributed by atoms with Crippen LogP contribution in [0.1, 0.15) is 25.3 Å². The summed E-state index contributed by atoms with van der Waals surface area (Å²) in [5.41, 5.74) is -0.284. The molecule has 3 nitrogen and oxygen atoms in total. The Morgan fingerprint density at radius 2 is 1.95 bits per heavy atom. The Labute approximate surface area is 121 Å². The molecular weight excluding hydrogens is 278 g/mol. The standard InChI is InChI=1S/C16H16F2O3/c1-2-16-12(13(16)15(20)21)6-9(14(16)19)3-8-4-10(17)7-11(18)5-8/h4-5,7,9,12-13H,2-3,6H2,1H3,(H,20,21). The molecule has 2 aliphatic carbocycles. The third kappa shape index (κ3) is 1.98. The van der Waals surface area contributed by atoms with E-state index in [-0.39, 0.29) is 24.0 Å². The van der Waals surface area contributed by atoms with Crippen LogP contribution in [0.25, 0.3) is 0 Å². The van der Waals surface area contributed by atoms with Crippen LogP contribution in [0.5, 0.6) is 0 Å². The molecule has 0 aromatic heterocycles. The van der Waals surface area contributed by atoms with Gasteiger partial charge < -0.3 is 5.11 Å². The summed E-state index contributed by atoms with van der Waals surface area (Å²) in [5.74, 6) is -3.29. The molecule has 0 spiro atoms. The van der Waals surface area contributed by atoms with Gasteiger partial charge in [-0.05, 0) is 42.9 Å². The van der Waals surface area contributed by atoms with Gasteiger partial charge in [-0.1, -0.05) is 6.92 Å². The number of hydrogen-bond acceptors (Lipinski definition) is 2. The second kappa shape index (κ2) is 4.61. The minimum atomic E-state index is -0.912. The van der Waals surface area contributed by atoms with Crippen molar-refractivity contribution in [2.75, 3.05) is 0 Å². The van der Waals surface area contributed by atoms with Crippen molar-refractivity contribution in [1.29, 1.82) is 0 Å². The number of rotatable bonds is 4. The maximum Gasteiger partial charge on any atom is 0.307 e. The molecule has 0 bridgehead atoms. The van der Waals surface area contributed by atoms with E-state index in [0.29, 0.717) is 18.4 Å². The molecular formula is C16H16F2O3. The van der Waals surface area contributed by atoms with E-state index in [9.17, 15) is 23.5 Å². The van der Waals surface area contributed by atoms with Crippen LogP contribution in [0.15, 0.2) is 18.2 Å². The molecule has 1 N–H and O–H groups in total. The summed E-state index contributed by atoms with van der Waals surface area (Å²) in [5, 5.41) is 9.17. The van der Waals surface area contributed by atoms with E-state index in [4.69, 9.17) is 0 Å². The topological polar surface area (TPSA) is 54.4 Å². The number of carboxylic acid groups (broad SMARTS) is 1. The molecule has 1 aromatic rings. The second-order valence-electron chi connectivity index (χ2n) is 6.10. The quantitative estimate of drug-likeness (QED) is 0.929.